The van der Waals surface area contributed by atoms with Crippen LogP contribution in [0.2, 0.25) is 5.02 Å². The minimum Gasteiger partial charge on any atom is -0.493 e. The van der Waals surface area contributed by atoms with Crippen LogP contribution in [0.5, 0.6) is 17.4 Å². The van der Waals surface area contributed by atoms with Gasteiger partial charge in [-0.1, -0.05) is 17.7 Å². The molecule has 1 unspecified atom stereocenters. The van der Waals surface area contributed by atoms with Gasteiger partial charge in [0.2, 0.25) is 5.88 Å². The summed E-state index contributed by atoms with van der Waals surface area (Å²) in [5, 5.41) is 7.45. The van der Waals surface area contributed by atoms with Gasteiger partial charge in [-0.15, -0.1) is 5.10 Å². The Bertz CT molecular complexity index is 1160. The summed E-state index contributed by atoms with van der Waals surface area (Å²) < 4.78 is 17.3. The summed E-state index contributed by atoms with van der Waals surface area (Å²) in [5.41, 5.74) is 1.52. The molecule has 1 atom stereocenters. The summed E-state index contributed by atoms with van der Waals surface area (Å²) in [6.45, 7) is 3.42. The third-order valence-electron chi connectivity index (χ3n) is 4.49. The van der Waals surface area contributed by atoms with Crippen LogP contribution in [0.15, 0.2) is 53.3 Å². The van der Waals surface area contributed by atoms with E-state index in [0.29, 0.717) is 27.9 Å². The van der Waals surface area contributed by atoms with E-state index < -0.39 is 12.0 Å². The number of amides is 1. The topological polar surface area (TPSA) is 91.7 Å². The van der Waals surface area contributed by atoms with Gasteiger partial charge in [0.15, 0.2) is 17.6 Å². The Balaban J connectivity index is 1.77. The van der Waals surface area contributed by atoms with E-state index in [0.717, 1.165) is 5.56 Å². The molecule has 8 nitrogen and oxygen atoms in total. The zero-order valence-electron chi connectivity index (χ0n) is 17.5. The second kappa shape index (κ2) is 9.53. The van der Waals surface area contributed by atoms with Gasteiger partial charge in [0.1, 0.15) is 0 Å². The zero-order valence-corrected chi connectivity index (χ0v) is 18.3. The Hall–Kier alpha value is -3.52. The molecule has 0 radical (unpaired) electrons. The van der Waals surface area contributed by atoms with Crippen LogP contribution in [0.1, 0.15) is 12.5 Å². The highest BCUT2D eigenvalue weighted by Gasteiger charge is 2.18. The van der Waals surface area contributed by atoms with Crippen molar-refractivity contribution in [3.8, 4) is 23.1 Å². The standard InChI is InChI=1S/C22H22ClN3O5/c1-13-5-6-15(23)11-17(13)26-21(27)10-9-20(25-26)31-14(2)22(28)24-16-7-8-18(29-3)19(12-16)30-4/h5-12,14H,1-4H3,(H,24,28). The number of benzene rings is 2. The van der Waals surface area contributed by atoms with Gasteiger partial charge < -0.3 is 19.5 Å². The molecule has 0 saturated carbocycles. The Morgan fingerprint density at radius 3 is 2.52 bits per heavy atom. The fraction of sp³-hybridized carbons (Fsp3) is 0.227. The molecule has 162 valence electrons. The molecule has 0 saturated heterocycles. The molecule has 31 heavy (non-hydrogen) atoms. The quantitative estimate of drug-likeness (QED) is 0.599. The van der Waals surface area contributed by atoms with E-state index in [-0.39, 0.29) is 11.4 Å². The summed E-state index contributed by atoms with van der Waals surface area (Å²) in [7, 11) is 3.04. The number of ether oxygens (including phenoxy) is 3. The molecule has 0 fully saturated rings. The van der Waals surface area contributed by atoms with Gasteiger partial charge in [0, 0.05) is 28.9 Å². The Kier molecular flexibility index (Phi) is 6.81. The molecule has 1 N–H and O–H groups in total. The third-order valence-corrected chi connectivity index (χ3v) is 4.73. The van der Waals surface area contributed by atoms with Crippen LogP contribution in [-0.2, 0) is 4.79 Å². The highest BCUT2D eigenvalue weighted by atomic mass is 35.5. The van der Waals surface area contributed by atoms with Gasteiger partial charge in [-0.25, -0.2) is 0 Å². The van der Waals surface area contributed by atoms with Crippen LogP contribution in [0.3, 0.4) is 0 Å². The van der Waals surface area contributed by atoms with Gasteiger partial charge in [-0.2, -0.15) is 4.68 Å². The van der Waals surface area contributed by atoms with Crippen molar-refractivity contribution in [2.75, 3.05) is 19.5 Å². The van der Waals surface area contributed by atoms with Crippen molar-refractivity contribution < 1.29 is 19.0 Å². The lowest BCUT2D eigenvalue weighted by atomic mass is 10.2. The largest absolute Gasteiger partial charge is 0.493 e. The summed E-state index contributed by atoms with van der Waals surface area (Å²) in [6, 6.07) is 12.9. The van der Waals surface area contributed by atoms with E-state index in [1.165, 1.54) is 31.0 Å². The zero-order chi connectivity index (χ0) is 22.5. The first kappa shape index (κ1) is 22.2. The van der Waals surface area contributed by atoms with Gasteiger partial charge in [-0.05, 0) is 43.7 Å². The summed E-state index contributed by atoms with van der Waals surface area (Å²) in [4.78, 5) is 24.9. The SMILES string of the molecule is COc1ccc(NC(=O)C(C)Oc2ccc(=O)n(-c3cc(Cl)ccc3C)n2)cc1OC. The van der Waals surface area contributed by atoms with Crippen LogP contribution in [-0.4, -0.2) is 36.0 Å². The maximum atomic E-state index is 12.6. The smallest absolute Gasteiger partial charge is 0.271 e. The Labute approximate surface area is 184 Å². The molecular formula is C22H22ClN3O5. The van der Waals surface area contributed by atoms with Gasteiger partial charge in [0.05, 0.1) is 19.9 Å². The molecule has 0 bridgehead atoms. The molecule has 0 aliphatic heterocycles. The van der Waals surface area contributed by atoms with Crippen molar-refractivity contribution in [3.63, 3.8) is 0 Å². The Morgan fingerprint density at radius 1 is 1.06 bits per heavy atom. The van der Waals surface area contributed by atoms with Crippen molar-refractivity contribution in [2.45, 2.75) is 20.0 Å². The molecule has 3 rings (SSSR count). The van der Waals surface area contributed by atoms with Crippen molar-refractivity contribution in [3.05, 3.63) is 69.5 Å². The average Bonchev–Trinajstić information content (AvgIpc) is 2.76. The lowest BCUT2D eigenvalue weighted by Crippen LogP contribution is -2.31. The number of carbonyl (C=O) groups is 1. The number of aromatic nitrogens is 2. The second-order valence-electron chi connectivity index (χ2n) is 6.67. The number of anilines is 1. The first-order valence-corrected chi connectivity index (χ1v) is 9.76. The van der Waals surface area contributed by atoms with E-state index in [2.05, 4.69) is 10.4 Å². The van der Waals surface area contributed by atoms with Crippen molar-refractivity contribution >= 4 is 23.2 Å². The monoisotopic (exact) mass is 443 g/mol. The predicted octanol–water partition coefficient (Wildman–Crippen LogP) is 3.62. The predicted molar refractivity (Wildman–Crippen MR) is 118 cm³/mol. The van der Waals surface area contributed by atoms with Crippen molar-refractivity contribution in [1.29, 1.82) is 0 Å². The van der Waals surface area contributed by atoms with Crippen molar-refractivity contribution in [1.82, 2.24) is 9.78 Å². The molecule has 0 aliphatic rings. The molecule has 9 heteroatoms. The number of hydrogen-bond acceptors (Lipinski definition) is 6. The first-order chi connectivity index (χ1) is 14.8. The molecule has 0 spiro atoms. The minimum atomic E-state index is -0.882. The van der Waals surface area contributed by atoms with Crippen molar-refractivity contribution in [2.24, 2.45) is 0 Å². The van der Waals surface area contributed by atoms with Gasteiger partial charge >= 0.3 is 0 Å². The lowest BCUT2D eigenvalue weighted by molar-refractivity contribution is -0.122. The van der Waals surface area contributed by atoms with Gasteiger partial charge in [0.25, 0.3) is 11.5 Å². The number of methoxy groups -OCH3 is 2. The molecule has 2 aromatic carbocycles. The lowest BCUT2D eigenvalue weighted by Gasteiger charge is -2.16. The minimum absolute atomic E-state index is 0.119. The molecule has 1 aromatic heterocycles. The molecule has 0 aliphatic carbocycles. The normalized spacial score (nSPS) is 11.5. The molecular weight excluding hydrogens is 422 g/mol. The second-order valence-corrected chi connectivity index (χ2v) is 7.11. The highest BCUT2D eigenvalue weighted by Crippen LogP contribution is 2.29. The number of rotatable bonds is 7. The number of nitrogens with one attached hydrogen (secondary N) is 1. The summed E-state index contributed by atoms with van der Waals surface area (Å²) in [6.07, 6.45) is -0.882. The molecule has 1 heterocycles. The molecule has 1 amide bonds. The van der Waals surface area contributed by atoms with E-state index in [9.17, 15) is 9.59 Å². The maximum absolute atomic E-state index is 12.6. The van der Waals surface area contributed by atoms with Crippen LogP contribution in [0.25, 0.3) is 5.69 Å². The first-order valence-electron chi connectivity index (χ1n) is 9.39. The number of hydrogen-bond donors (Lipinski definition) is 1. The van der Waals surface area contributed by atoms with E-state index in [1.54, 1.807) is 43.3 Å². The van der Waals surface area contributed by atoms with Crippen LogP contribution in [0, 0.1) is 6.92 Å². The number of halogens is 1. The number of carbonyl (C=O) groups excluding carboxylic acids is 1. The Morgan fingerprint density at radius 2 is 1.81 bits per heavy atom. The van der Waals surface area contributed by atoms with E-state index >= 15 is 0 Å². The number of aryl methyl sites for hydroxylation is 1. The van der Waals surface area contributed by atoms with Crippen LogP contribution < -0.4 is 25.1 Å². The summed E-state index contributed by atoms with van der Waals surface area (Å²) >= 11 is 6.06. The van der Waals surface area contributed by atoms with E-state index in [1.807, 2.05) is 6.92 Å². The fourth-order valence-electron chi connectivity index (χ4n) is 2.83. The third kappa shape index (κ3) is 5.16. The van der Waals surface area contributed by atoms with Crippen LogP contribution >= 0.6 is 11.6 Å². The van der Waals surface area contributed by atoms with Crippen LogP contribution in [0.4, 0.5) is 5.69 Å². The number of nitrogens with zero attached hydrogens (tertiary/aromatic N) is 2. The van der Waals surface area contributed by atoms with Gasteiger partial charge in [-0.3, -0.25) is 9.59 Å². The maximum Gasteiger partial charge on any atom is 0.271 e. The average molecular weight is 444 g/mol. The summed E-state index contributed by atoms with van der Waals surface area (Å²) in [5.74, 6) is 0.756. The molecule has 3 aromatic rings. The highest BCUT2D eigenvalue weighted by molar-refractivity contribution is 6.30. The van der Waals surface area contributed by atoms with E-state index in [4.69, 9.17) is 25.8 Å². The fourth-order valence-corrected chi connectivity index (χ4v) is 3.00.